The fourth-order valence-electron chi connectivity index (χ4n) is 1.51. The van der Waals surface area contributed by atoms with Gasteiger partial charge in [0.1, 0.15) is 0 Å². The van der Waals surface area contributed by atoms with Gasteiger partial charge in [-0.25, -0.2) is 0 Å². The average molecular weight is 220 g/mol. The van der Waals surface area contributed by atoms with E-state index in [0.29, 0.717) is 5.56 Å². The lowest BCUT2D eigenvalue weighted by Gasteiger charge is -1.95. The molecule has 0 heterocycles. The summed E-state index contributed by atoms with van der Waals surface area (Å²) in [5, 5.41) is 0. The Morgan fingerprint density at radius 1 is 1.00 bits per heavy atom. The molecule has 2 rings (SSSR count). The van der Waals surface area contributed by atoms with Crippen LogP contribution in [0, 0.1) is 18.8 Å². The molecule has 0 spiro atoms. The standard InChI is InChI=1S/C16H12O/c1-13-6-5-9-15(12-13)16(17)11-10-14-7-3-2-4-8-14/h2-9,12H,1H3. The summed E-state index contributed by atoms with van der Waals surface area (Å²) >= 11 is 0. The summed E-state index contributed by atoms with van der Waals surface area (Å²) in [4.78, 5) is 11.8. The molecule has 0 saturated heterocycles. The van der Waals surface area contributed by atoms with Crippen LogP contribution in [0.3, 0.4) is 0 Å². The lowest BCUT2D eigenvalue weighted by molar-refractivity contribution is 0.105. The highest BCUT2D eigenvalue weighted by Crippen LogP contribution is 2.04. The van der Waals surface area contributed by atoms with Gasteiger partial charge in [-0.05, 0) is 31.0 Å². The first kappa shape index (κ1) is 11.2. The van der Waals surface area contributed by atoms with E-state index in [1.807, 2.05) is 55.5 Å². The van der Waals surface area contributed by atoms with E-state index in [1.54, 1.807) is 6.07 Å². The SMILES string of the molecule is Cc1cccc(C(=O)C#Cc2ccccc2)c1. The maximum Gasteiger partial charge on any atom is 0.236 e. The first-order valence-electron chi connectivity index (χ1n) is 5.44. The van der Waals surface area contributed by atoms with Gasteiger partial charge in [0.2, 0.25) is 5.78 Å². The third-order valence-corrected chi connectivity index (χ3v) is 2.37. The van der Waals surface area contributed by atoms with Crippen LogP contribution in [-0.2, 0) is 0 Å². The van der Waals surface area contributed by atoms with Crippen LogP contribution in [0.5, 0.6) is 0 Å². The van der Waals surface area contributed by atoms with Crippen molar-refractivity contribution in [2.45, 2.75) is 6.92 Å². The maximum atomic E-state index is 11.8. The van der Waals surface area contributed by atoms with Crippen LogP contribution in [0.2, 0.25) is 0 Å². The fraction of sp³-hybridized carbons (Fsp3) is 0.0625. The summed E-state index contributed by atoms with van der Waals surface area (Å²) in [5.41, 5.74) is 2.57. The first-order chi connectivity index (χ1) is 8.25. The van der Waals surface area contributed by atoms with Crippen LogP contribution in [0.1, 0.15) is 21.5 Å². The molecule has 82 valence electrons. The molecule has 0 atom stereocenters. The van der Waals surface area contributed by atoms with Crippen LogP contribution in [-0.4, -0.2) is 5.78 Å². The Kier molecular flexibility index (Phi) is 3.37. The summed E-state index contributed by atoms with van der Waals surface area (Å²) < 4.78 is 0. The van der Waals surface area contributed by atoms with Crippen LogP contribution in [0.15, 0.2) is 54.6 Å². The highest BCUT2D eigenvalue weighted by Gasteiger charge is 2.00. The quantitative estimate of drug-likeness (QED) is 0.532. The summed E-state index contributed by atoms with van der Waals surface area (Å²) in [6.07, 6.45) is 0. The predicted molar refractivity (Wildman–Crippen MR) is 68.8 cm³/mol. The topological polar surface area (TPSA) is 17.1 Å². The van der Waals surface area contributed by atoms with E-state index in [9.17, 15) is 4.79 Å². The number of rotatable bonds is 1. The Hall–Kier alpha value is -2.33. The molecule has 0 aliphatic carbocycles. The largest absolute Gasteiger partial charge is 0.279 e. The number of hydrogen-bond acceptors (Lipinski definition) is 1. The molecule has 0 aromatic heterocycles. The average Bonchev–Trinajstić information content (AvgIpc) is 2.37. The van der Waals surface area contributed by atoms with Gasteiger partial charge in [0.05, 0.1) is 0 Å². The van der Waals surface area contributed by atoms with Crippen LogP contribution >= 0.6 is 0 Å². The van der Waals surface area contributed by atoms with Gasteiger partial charge in [-0.1, -0.05) is 47.9 Å². The third kappa shape index (κ3) is 3.06. The molecule has 0 aliphatic rings. The van der Waals surface area contributed by atoms with Gasteiger partial charge >= 0.3 is 0 Å². The summed E-state index contributed by atoms with van der Waals surface area (Å²) in [5.74, 6) is 5.38. The lowest BCUT2D eigenvalue weighted by Crippen LogP contribution is -1.95. The zero-order chi connectivity index (χ0) is 12.1. The van der Waals surface area contributed by atoms with E-state index < -0.39 is 0 Å². The van der Waals surface area contributed by atoms with E-state index in [4.69, 9.17) is 0 Å². The Bertz CT molecular complexity index is 586. The summed E-state index contributed by atoms with van der Waals surface area (Å²) in [7, 11) is 0. The summed E-state index contributed by atoms with van der Waals surface area (Å²) in [6, 6.07) is 17.0. The third-order valence-electron chi connectivity index (χ3n) is 2.37. The van der Waals surface area contributed by atoms with Crippen LogP contribution < -0.4 is 0 Å². The van der Waals surface area contributed by atoms with E-state index in [1.165, 1.54) is 0 Å². The molecular weight excluding hydrogens is 208 g/mol. The minimum Gasteiger partial charge on any atom is -0.279 e. The molecule has 1 nitrogen and oxygen atoms in total. The first-order valence-corrected chi connectivity index (χ1v) is 5.44. The maximum absolute atomic E-state index is 11.8. The molecule has 0 aliphatic heterocycles. The minimum absolute atomic E-state index is 0.141. The fourth-order valence-corrected chi connectivity index (χ4v) is 1.51. The van der Waals surface area contributed by atoms with Crippen molar-refractivity contribution in [2.24, 2.45) is 0 Å². The lowest BCUT2D eigenvalue weighted by atomic mass is 10.1. The molecule has 0 radical (unpaired) electrons. The number of carbonyl (C=O) groups excluding carboxylic acids is 1. The molecule has 0 N–H and O–H groups in total. The number of benzene rings is 2. The van der Waals surface area contributed by atoms with Crippen molar-refractivity contribution in [2.75, 3.05) is 0 Å². The molecule has 2 aromatic rings. The number of carbonyl (C=O) groups is 1. The Labute approximate surface area is 101 Å². The summed E-state index contributed by atoms with van der Waals surface area (Å²) in [6.45, 7) is 1.96. The zero-order valence-electron chi connectivity index (χ0n) is 9.60. The molecule has 0 bridgehead atoms. The van der Waals surface area contributed by atoms with E-state index in [2.05, 4.69) is 11.8 Å². The Balaban J connectivity index is 2.21. The van der Waals surface area contributed by atoms with Gasteiger partial charge < -0.3 is 0 Å². The normalized spacial score (nSPS) is 9.24. The minimum atomic E-state index is -0.141. The van der Waals surface area contributed by atoms with Gasteiger partial charge in [-0.3, -0.25) is 4.79 Å². The number of hydrogen-bond donors (Lipinski definition) is 0. The van der Waals surface area contributed by atoms with Crippen molar-refractivity contribution in [1.29, 1.82) is 0 Å². The predicted octanol–water partition coefficient (Wildman–Crippen LogP) is 3.23. The van der Waals surface area contributed by atoms with Gasteiger partial charge in [0.15, 0.2) is 0 Å². The smallest absolute Gasteiger partial charge is 0.236 e. The van der Waals surface area contributed by atoms with Gasteiger partial charge in [0.25, 0.3) is 0 Å². The van der Waals surface area contributed by atoms with Gasteiger partial charge in [-0.2, -0.15) is 0 Å². The van der Waals surface area contributed by atoms with Crippen molar-refractivity contribution in [3.8, 4) is 11.8 Å². The Morgan fingerprint density at radius 2 is 1.76 bits per heavy atom. The molecule has 0 fully saturated rings. The van der Waals surface area contributed by atoms with Crippen LogP contribution in [0.4, 0.5) is 0 Å². The second-order valence-corrected chi connectivity index (χ2v) is 3.81. The van der Waals surface area contributed by atoms with Crippen molar-refractivity contribution in [3.05, 3.63) is 71.3 Å². The molecule has 1 heteroatoms. The highest BCUT2D eigenvalue weighted by atomic mass is 16.1. The molecule has 17 heavy (non-hydrogen) atoms. The van der Waals surface area contributed by atoms with Crippen molar-refractivity contribution in [3.63, 3.8) is 0 Å². The molecule has 0 saturated carbocycles. The number of ketones is 1. The van der Waals surface area contributed by atoms with Crippen molar-refractivity contribution in [1.82, 2.24) is 0 Å². The van der Waals surface area contributed by atoms with E-state index >= 15 is 0 Å². The van der Waals surface area contributed by atoms with Gasteiger partial charge in [0, 0.05) is 11.1 Å². The van der Waals surface area contributed by atoms with Crippen molar-refractivity contribution < 1.29 is 4.79 Å². The number of Topliss-reactive ketones (excluding diaryl/α,β-unsaturated/α-hetero) is 1. The molecule has 0 amide bonds. The van der Waals surface area contributed by atoms with E-state index in [-0.39, 0.29) is 5.78 Å². The Morgan fingerprint density at radius 3 is 2.47 bits per heavy atom. The molecule has 2 aromatic carbocycles. The molecular formula is C16H12O. The zero-order valence-corrected chi connectivity index (χ0v) is 9.60. The van der Waals surface area contributed by atoms with Crippen LogP contribution in [0.25, 0.3) is 0 Å². The second-order valence-electron chi connectivity index (χ2n) is 3.81. The molecule has 0 unspecified atom stereocenters. The number of aryl methyl sites for hydroxylation is 1. The highest BCUT2D eigenvalue weighted by molar-refractivity contribution is 6.09. The monoisotopic (exact) mass is 220 g/mol. The van der Waals surface area contributed by atoms with Crippen molar-refractivity contribution >= 4 is 5.78 Å². The van der Waals surface area contributed by atoms with E-state index in [0.717, 1.165) is 11.1 Å². The van der Waals surface area contributed by atoms with Gasteiger partial charge in [-0.15, -0.1) is 0 Å². The second kappa shape index (κ2) is 5.14.